The SMILES string of the molecule is COC(=O)CN(Cc1cccs1)C(=O)C(NS(=O)(=O)c1ccc2[nH]c(=O)ccc2c1)c1ccccc1OC. The summed E-state index contributed by atoms with van der Waals surface area (Å²) in [5.74, 6) is -1.03. The maximum Gasteiger partial charge on any atom is 0.325 e. The molecule has 0 saturated heterocycles. The van der Waals surface area contributed by atoms with Crippen molar-refractivity contribution in [2.45, 2.75) is 17.5 Å². The average molecular weight is 556 g/mol. The van der Waals surface area contributed by atoms with Gasteiger partial charge in [0.1, 0.15) is 18.3 Å². The number of rotatable bonds is 10. The van der Waals surface area contributed by atoms with Crippen LogP contribution in [0.4, 0.5) is 0 Å². The van der Waals surface area contributed by atoms with Gasteiger partial charge in [0.2, 0.25) is 21.5 Å². The van der Waals surface area contributed by atoms with Gasteiger partial charge in [0.05, 0.1) is 25.7 Å². The third-order valence-electron chi connectivity index (χ3n) is 5.76. The number of H-pyrrole nitrogens is 1. The zero-order chi connectivity index (χ0) is 27.3. The van der Waals surface area contributed by atoms with Crippen LogP contribution in [0, 0.1) is 0 Å². The van der Waals surface area contributed by atoms with E-state index in [0.29, 0.717) is 16.7 Å². The van der Waals surface area contributed by atoms with E-state index in [1.54, 1.807) is 24.3 Å². The number of carbonyl (C=O) groups is 2. The Morgan fingerprint density at radius 2 is 1.84 bits per heavy atom. The molecule has 1 unspecified atom stereocenters. The fourth-order valence-electron chi connectivity index (χ4n) is 3.88. The molecule has 198 valence electrons. The van der Waals surface area contributed by atoms with E-state index in [2.05, 4.69) is 9.71 Å². The minimum Gasteiger partial charge on any atom is -0.496 e. The molecule has 0 bridgehead atoms. The van der Waals surface area contributed by atoms with E-state index in [1.807, 2.05) is 17.5 Å². The number of thiophene rings is 1. The summed E-state index contributed by atoms with van der Waals surface area (Å²) in [5, 5.41) is 2.33. The number of hydrogen-bond donors (Lipinski definition) is 2. The number of carbonyl (C=O) groups excluding carboxylic acids is 2. The molecule has 10 nitrogen and oxygen atoms in total. The monoisotopic (exact) mass is 555 g/mol. The number of ether oxygens (including phenoxy) is 2. The number of nitrogens with zero attached hydrogens (tertiary/aromatic N) is 1. The molecule has 38 heavy (non-hydrogen) atoms. The summed E-state index contributed by atoms with van der Waals surface area (Å²) in [7, 11) is -1.64. The molecule has 1 atom stereocenters. The lowest BCUT2D eigenvalue weighted by Gasteiger charge is -2.28. The van der Waals surface area contributed by atoms with Crippen LogP contribution >= 0.6 is 11.3 Å². The molecule has 2 aromatic heterocycles. The first-order valence-electron chi connectivity index (χ1n) is 11.4. The number of esters is 1. The minimum atomic E-state index is -4.27. The van der Waals surface area contributed by atoms with Gasteiger partial charge in [-0.3, -0.25) is 14.4 Å². The molecule has 4 rings (SSSR count). The van der Waals surface area contributed by atoms with Crippen molar-refractivity contribution >= 4 is 44.1 Å². The standard InChI is InChI=1S/C26H25N3O7S2/c1-35-22-8-4-3-7-20(22)25(26(32)29(16-24(31)36-2)15-18-6-5-13-37-18)28-38(33,34)19-10-11-21-17(14-19)9-12-23(30)27-21/h3-14,25,28H,15-16H2,1-2H3,(H,27,30). The summed E-state index contributed by atoms with van der Waals surface area (Å²) in [6.45, 7) is -0.313. The zero-order valence-corrected chi connectivity index (χ0v) is 22.2. The first kappa shape index (κ1) is 27.0. The number of para-hydroxylation sites is 1. The molecule has 0 aliphatic carbocycles. The van der Waals surface area contributed by atoms with Crippen molar-refractivity contribution in [1.82, 2.24) is 14.6 Å². The Hall–Kier alpha value is -4.00. The van der Waals surface area contributed by atoms with Crippen LogP contribution < -0.4 is 15.0 Å². The molecule has 0 aliphatic heterocycles. The summed E-state index contributed by atoms with van der Waals surface area (Å²) < 4.78 is 39.8. The highest BCUT2D eigenvalue weighted by molar-refractivity contribution is 7.89. The molecule has 4 aromatic rings. The Bertz CT molecular complexity index is 1620. The molecule has 2 N–H and O–H groups in total. The van der Waals surface area contributed by atoms with E-state index < -0.39 is 27.9 Å². The van der Waals surface area contributed by atoms with Crippen molar-refractivity contribution in [3.05, 3.63) is 92.9 Å². The van der Waals surface area contributed by atoms with Gasteiger partial charge in [0.15, 0.2) is 0 Å². The van der Waals surface area contributed by atoms with Gasteiger partial charge in [-0.15, -0.1) is 11.3 Å². The zero-order valence-electron chi connectivity index (χ0n) is 20.5. The second-order valence-corrected chi connectivity index (χ2v) is 11.0. The number of aromatic amines is 1. The lowest BCUT2D eigenvalue weighted by atomic mass is 10.0. The highest BCUT2D eigenvalue weighted by Crippen LogP contribution is 2.29. The lowest BCUT2D eigenvalue weighted by Crippen LogP contribution is -2.44. The fourth-order valence-corrected chi connectivity index (χ4v) is 5.80. The summed E-state index contributed by atoms with van der Waals surface area (Å²) in [6, 6.07) is 15.8. The topological polar surface area (TPSA) is 135 Å². The summed E-state index contributed by atoms with van der Waals surface area (Å²) >= 11 is 1.40. The molecule has 2 aromatic carbocycles. The van der Waals surface area contributed by atoms with Gasteiger partial charge in [0.25, 0.3) is 0 Å². The summed E-state index contributed by atoms with van der Waals surface area (Å²) in [6.07, 6.45) is 0. The molecular weight excluding hydrogens is 530 g/mol. The van der Waals surface area contributed by atoms with Crippen molar-refractivity contribution in [3.63, 3.8) is 0 Å². The van der Waals surface area contributed by atoms with Gasteiger partial charge < -0.3 is 19.4 Å². The largest absolute Gasteiger partial charge is 0.496 e. The summed E-state index contributed by atoms with van der Waals surface area (Å²) in [4.78, 5) is 42.3. The van der Waals surface area contributed by atoms with Gasteiger partial charge in [-0.05, 0) is 47.2 Å². The highest BCUT2D eigenvalue weighted by Gasteiger charge is 2.34. The molecule has 12 heteroatoms. The Morgan fingerprint density at radius 1 is 1.05 bits per heavy atom. The lowest BCUT2D eigenvalue weighted by molar-refractivity contribution is -0.148. The average Bonchev–Trinajstić information content (AvgIpc) is 3.43. The number of benzene rings is 2. The van der Waals surface area contributed by atoms with Crippen LogP contribution in [0.25, 0.3) is 10.9 Å². The van der Waals surface area contributed by atoms with Crippen LogP contribution in [0.5, 0.6) is 5.75 Å². The van der Waals surface area contributed by atoms with Crippen molar-refractivity contribution in [3.8, 4) is 5.75 Å². The van der Waals surface area contributed by atoms with Gasteiger partial charge >= 0.3 is 5.97 Å². The van der Waals surface area contributed by atoms with E-state index in [-0.39, 0.29) is 29.1 Å². The highest BCUT2D eigenvalue weighted by atomic mass is 32.2. The quantitative estimate of drug-likeness (QED) is 0.287. The molecule has 0 radical (unpaired) electrons. The van der Waals surface area contributed by atoms with Gasteiger partial charge in [-0.2, -0.15) is 4.72 Å². The second kappa shape index (κ2) is 11.6. The van der Waals surface area contributed by atoms with Crippen LogP contribution in [0.15, 0.2) is 81.8 Å². The Balaban J connectivity index is 1.76. The van der Waals surface area contributed by atoms with E-state index >= 15 is 0 Å². The van der Waals surface area contributed by atoms with E-state index in [1.165, 1.54) is 60.8 Å². The maximum atomic E-state index is 13.9. The fraction of sp³-hybridized carbons (Fsp3) is 0.192. The van der Waals surface area contributed by atoms with Crippen LogP contribution in [0.3, 0.4) is 0 Å². The molecular formula is C26H25N3O7S2. The number of sulfonamides is 1. The Morgan fingerprint density at radius 3 is 2.55 bits per heavy atom. The van der Waals surface area contributed by atoms with Crippen molar-refractivity contribution in [2.75, 3.05) is 20.8 Å². The number of aromatic nitrogens is 1. The first-order valence-corrected chi connectivity index (χ1v) is 13.7. The number of nitrogens with one attached hydrogen (secondary N) is 2. The number of hydrogen-bond acceptors (Lipinski definition) is 8. The second-order valence-electron chi connectivity index (χ2n) is 8.22. The van der Waals surface area contributed by atoms with Gasteiger partial charge in [-0.25, -0.2) is 8.42 Å². The molecule has 0 aliphatic rings. The predicted octanol–water partition coefficient (Wildman–Crippen LogP) is 2.82. The normalized spacial score (nSPS) is 12.2. The Labute approximate surface area is 222 Å². The van der Waals surface area contributed by atoms with Crippen LogP contribution in [0.1, 0.15) is 16.5 Å². The third kappa shape index (κ3) is 6.10. The van der Waals surface area contributed by atoms with Crippen LogP contribution in [0.2, 0.25) is 0 Å². The smallest absolute Gasteiger partial charge is 0.325 e. The minimum absolute atomic E-state index is 0.0717. The maximum absolute atomic E-state index is 13.9. The molecule has 1 amide bonds. The van der Waals surface area contributed by atoms with Gasteiger partial charge in [0, 0.05) is 22.0 Å². The van der Waals surface area contributed by atoms with Crippen molar-refractivity contribution in [2.24, 2.45) is 0 Å². The molecule has 0 fully saturated rings. The van der Waals surface area contributed by atoms with Gasteiger partial charge in [-0.1, -0.05) is 24.3 Å². The van der Waals surface area contributed by atoms with Crippen molar-refractivity contribution in [1.29, 1.82) is 0 Å². The van der Waals surface area contributed by atoms with Crippen molar-refractivity contribution < 1.29 is 27.5 Å². The summed E-state index contributed by atoms with van der Waals surface area (Å²) in [5.41, 5.74) is 0.424. The van der Waals surface area contributed by atoms with E-state index in [4.69, 9.17) is 9.47 Å². The number of amides is 1. The molecule has 2 heterocycles. The molecule has 0 spiro atoms. The third-order valence-corrected chi connectivity index (χ3v) is 8.04. The Kier molecular flexibility index (Phi) is 8.25. The van der Waals surface area contributed by atoms with Crippen LogP contribution in [-0.2, 0) is 30.9 Å². The molecule has 0 saturated carbocycles. The predicted molar refractivity (Wildman–Crippen MR) is 142 cm³/mol. The first-order chi connectivity index (χ1) is 18.2. The van der Waals surface area contributed by atoms with E-state index in [0.717, 1.165) is 4.88 Å². The van der Waals surface area contributed by atoms with E-state index in [9.17, 15) is 22.8 Å². The van der Waals surface area contributed by atoms with Crippen LogP contribution in [-0.4, -0.2) is 50.9 Å². The number of pyridine rings is 1. The number of fused-ring (bicyclic) bond motifs is 1. The number of methoxy groups -OCH3 is 2.